The van der Waals surface area contributed by atoms with Crippen LogP contribution in [0.1, 0.15) is 17.7 Å². The number of halogens is 1. The van der Waals surface area contributed by atoms with Gasteiger partial charge in [0, 0.05) is 28.9 Å². The number of nitrogens with zero attached hydrogens (tertiary/aromatic N) is 2. The molecule has 2 heterocycles. The molecule has 1 fully saturated rings. The second-order valence-corrected chi connectivity index (χ2v) is 7.19. The fourth-order valence-electron chi connectivity index (χ4n) is 2.95. The highest BCUT2D eigenvalue weighted by molar-refractivity contribution is 6.30. The largest absolute Gasteiger partial charge is 0.492 e. The summed E-state index contributed by atoms with van der Waals surface area (Å²) in [7, 11) is 0. The summed E-state index contributed by atoms with van der Waals surface area (Å²) in [6.07, 6.45) is 3.15. The zero-order chi connectivity index (χ0) is 19.2. The van der Waals surface area contributed by atoms with Crippen molar-refractivity contribution in [1.29, 1.82) is 0 Å². The molecule has 1 aliphatic rings. The number of rotatable bonds is 5. The van der Waals surface area contributed by atoms with E-state index in [1.807, 2.05) is 66.9 Å². The second kappa shape index (κ2) is 8.93. The predicted molar refractivity (Wildman–Crippen MR) is 114 cm³/mol. The molecule has 0 atom stereocenters. The van der Waals surface area contributed by atoms with Crippen LogP contribution in [0.5, 0.6) is 5.75 Å². The lowest BCUT2D eigenvalue weighted by Crippen LogP contribution is -2.39. The third-order valence-electron chi connectivity index (χ3n) is 4.76. The van der Waals surface area contributed by atoms with E-state index < -0.39 is 0 Å². The Bertz CT molecular complexity index is 966. The third-order valence-corrected chi connectivity index (χ3v) is 5.01. The first kappa shape index (κ1) is 18.6. The summed E-state index contributed by atoms with van der Waals surface area (Å²) in [5.41, 5.74) is 3.81. The van der Waals surface area contributed by atoms with Crippen molar-refractivity contribution in [2.45, 2.75) is 6.42 Å². The van der Waals surface area contributed by atoms with Crippen LogP contribution in [0.15, 0.2) is 66.9 Å². The Morgan fingerprint density at radius 1 is 0.893 bits per heavy atom. The van der Waals surface area contributed by atoms with Gasteiger partial charge in [-0.1, -0.05) is 35.7 Å². The van der Waals surface area contributed by atoms with Gasteiger partial charge in [-0.15, -0.1) is 0 Å². The highest BCUT2D eigenvalue weighted by Crippen LogP contribution is 2.20. The van der Waals surface area contributed by atoms with Gasteiger partial charge in [-0.05, 0) is 73.5 Å². The molecule has 1 aliphatic heterocycles. The van der Waals surface area contributed by atoms with Crippen molar-refractivity contribution in [2.75, 3.05) is 26.2 Å². The first-order valence-electron chi connectivity index (χ1n) is 9.45. The number of aromatic nitrogens is 1. The van der Waals surface area contributed by atoms with E-state index in [1.165, 1.54) is 19.5 Å². The average molecular weight is 389 g/mol. The molecule has 28 heavy (non-hydrogen) atoms. The Kier molecular flexibility index (Phi) is 5.92. The zero-order valence-corrected chi connectivity index (χ0v) is 16.3. The Morgan fingerprint density at radius 2 is 1.64 bits per heavy atom. The van der Waals surface area contributed by atoms with Crippen molar-refractivity contribution in [1.82, 2.24) is 9.88 Å². The van der Waals surface area contributed by atoms with Crippen LogP contribution < -0.4 is 4.74 Å². The van der Waals surface area contributed by atoms with E-state index in [9.17, 15) is 0 Å². The van der Waals surface area contributed by atoms with E-state index in [2.05, 4.69) is 21.7 Å². The van der Waals surface area contributed by atoms with Crippen molar-refractivity contribution >= 4 is 11.6 Å². The van der Waals surface area contributed by atoms with Crippen LogP contribution in [0.3, 0.4) is 0 Å². The minimum atomic E-state index is 0.728. The van der Waals surface area contributed by atoms with Crippen LogP contribution in [-0.4, -0.2) is 36.1 Å². The van der Waals surface area contributed by atoms with Gasteiger partial charge in [0.05, 0.1) is 0 Å². The minimum absolute atomic E-state index is 0.728. The minimum Gasteiger partial charge on any atom is -0.492 e. The Labute approximate surface area is 170 Å². The topological polar surface area (TPSA) is 25.4 Å². The smallest absolute Gasteiger partial charge is 0.119 e. The van der Waals surface area contributed by atoms with Crippen molar-refractivity contribution in [2.24, 2.45) is 0 Å². The van der Waals surface area contributed by atoms with Gasteiger partial charge in [-0.3, -0.25) is 4.90 Å². The van der Waals surface area contributed by atoms with Gasteiger partial charge in [0.1, 0.15) is 18.1 Å². The van der Waals surface area contributed by atoms with Gasteiger partial charge < -0.3 is 4.74 Å². The molecule has 0 unspecified atom stereocenters. The molecule has 1 aromatic heterocycles. The standard InChI is InChI=1S/C24H21ClN2O/c25-22-8-5-20(6-9-22)21-7-11-23(26-18-21)10-2-19-3-12-24(13-4-19)28-17-16-27-14-1-15-27/h3-9,11-13,18H,1,14-17H2. The molecule has 140 valence electrons. The van der Waals surface area contributed by atoms with E-state index in [1.54, 1.807) is 0 Å². The monoisotopic (exact) mass is 388 g/mol. The number of likely N-dealkylation sites (tertiary alicyclic amines) is 1. The van der Waals surface area contributed by atoms with Gasteiger partial charge in [0.15, 0.2) is 0 Å². The lowest BCUT2D eigenvalue weighted by molar-refractivity contribution is 0.147. The summed E-state index contributed by atoms with van der Waals surface area (Å²) in [4.78, 5) is 6.84. The van der Waals surface area contributed by atoms with E-state index in [-0.39, 0.29) is 0 Å². The van der Waals surface area contributed by atoms with E-state index in [0.29, 0.717) is 0 Å². The SMILES string of the molecule is Clc1ccc(-c2ccc(C#Cc3ccc(OCCN4CCC4)cc3)nc2)cc1. The van der Waals surface area contributed by atoms with Crippen molar-refractivity contribution < 1.29 is 4.74 Å². The normalized spacial score (nSPS) is 13.3. The lowest BCUT2D eigenvalue weighted by Gasteiger charge is -2.30. The van der Waals surface area contributed by atoms with Crippen LogP contribution in [-0.2, 0) is 0 Å². The number of pyridine rings is 1. The van der Waals surface area contributed by atoms with Gasteiger partial charge in [-0.2, -0.15) is 0 Å². The second-order valence-electron chi connectivity index (χ2n) is 6.76. The molecular weight excluding hydrogens is 368 g/mol. The van der Waals surface area contributed by atoms with Gasteiger partial charge in [0.2, 0.25) is 0 Å². The molecule has 4 heteroatoms. The quantitative estimate of drug-likeness (QED) is 0.582. The zero-order valence-electron chi connectivity index (χ0n) is 15.6. The molecule has 0 saturated carbocycles. The third kappa shape index (κ3) is 4.92. The number of ether oxygens (including phenoxy) is 1. The summed E-state index contributed by atoms with van der Waals surface area (Å²) < 4.78 is 5.78. The van der Waals surface area contributed by atoms with Crippen LogP contribution in [0.25, 0.3) is 11.1 Å². The molecule has 0 amide bonds. The van der Waals surface area contributed by atoms with Gasteiger partial charge in [-0.25, -0.2) is 4.98 Å². The molecule has 1 saturated heterocycles. The maximum absolute atomic E-state index is 5.94. The Balaban J connectivity index is 1.34. The fourth-order valence-corrected chi connectivity index (χ4v) is 3.08. The van der Waals surface area contributed by atoms with Crippen LogP contribution in [0.4, 0.5) is 0 Å². The highest BCUT2D eigenvalue weighted by Gasteiger charge is 2.12. The summed E-state index contributed by atoms with van der Waals surface area (Å²) in [6.45, 7) is 4.13. The summed E-state index contributed by atoms with van der Waals surface area (Å²) in [6, 6.07) is 19.6. The first-order chi connectivity index (χ1) is 13.8. The van der Waals surface area contributed by atoms with Crippen LogP contribution >= 0.6 is 11.6 Å². The molecule has 3 aromatic rings. The van der Waals surface area contributed by atoms with Crippen LogP contribution in [0, 0.1) is 11.8 Å². The number of benzene rings is 2. The maximum atomic E-state index is 5.94. The molecule has 0 bridgehead atoms. The molecule has 4 rings (SSSR count). The molecular formula is C24H21ClN2O. The van der Waals surface area contributed by atoms with Crippen molar-refractivity contribution in [3.63, 3.8) is 0 Å². The van der Waals surface area contributed by atoms with Crippen molar-refractivity contribution in [3.05, 3.63) is 83.1 Å². The average Bonchev–Trinajstić information content (AvgIpc) is 2.70. The molecule has 0 radical (unpaired) electrons. The van der Waals surface area contributed by atoms with Crippen molar-refractivity contribution in [3.8, 4) is 28.7 Å². The fraction of sp³-hybridized carbons (Fsp3) is 0.208. The number of hydrogen-bond donors (Lipinski definition) is 0. The molecule has 3 nitrogen and oxygen atoms in total. The lowest BCUT2D eigenvalue weighted by atomic mass is 10.1. The number of hydrogen-bond acceptors (Lipinski definition) is 3. The van der Waals surface area contributed by atoms with E-state index >= 15 is 0 Å². The maximum Gasteiger partial charge on any atom is 0.119 e. The molecule has 2 aromatic carbocycles. The van der Waals surface area contributed by atoms with E-state index in [4.69, 9.17) is 16.3 Å². The Morgan fingerprint density at radius 3 is 2.29 bits per heavy atom. The van der Waals surface area contributed by atoms with Crippen LogP contribution in [0.2, 0.25) is 5.02 Å². The molecule has 0 aliphatic carbocycles. The Hall–Kier alpha value is -2.80. The first-order valence-corrected chi connectivity index (χ1v) is 9.83. The summed E-state index contributed by atoms with van der Waals surface area (Å²) in [5.74, 6) is 7.15. The summed E-state index contributed by atoms with van der Waals surface area (Å²) >= 11 is 5.94. The van der Waals surface area contributed by atoms with E-state index in [0.717, 1.165) is 46.3 Å². The highest BCUT2D eigenvalue weighted by atomic mass is 35.5. The molecule has 0 spiro atoms. The van der Waals surface area contributed by atoms with Gasteiger partial charge in [0.25, 0.3) is 0 Å². The molecule has 0 N–H and O–H groups in total. The van der Waals surface area contributed by atoms with Gasteiger partial charge >= 0.3 is 0 Å². The predicted octanol–water partition coefficient (Wildman–Crippen LogP) is 4.89. The summed E-state index contributed by atoms with van der Waals surface area (Å²) in [5, 5.41) is 0.728.